The van der Waals surface area contributed by atoms with E-state index in [4.69, 9.17) is 4.74 Å². The SMILES string of the molecule is CCCc1cc(CNC(=O)C[C@]2(n3ccnc3)CC(c3ncccn3)CN2)ccc1OC. The van der Waals surface area contributed by atoms with Crippen LogP contribution in [0.25, 0.3) is 0 Å². The standard InChI is InChI=1S/C24H30N6O2/c1-3-5-19-12-18(6-7-21(19)32-2)15-28-22(31)14-24(30-11-10-25-17-30)13-20(16-29-24)23-26-8-4-9-27-23/h4,6-12,17,20,29H,3,5,13-16H2,1-2H3,(H,28,31)/t20?,24-/m1/s1. The van der Waals surface area contributed by atoms with Crippen LogP contribution < -0.4 is 15.4 Å². The summed E-state index contributed by atoms with van der Waals surface area (Å²) in [5.74, 6) is 1.80. The summed E-state index contributed by atoms with van der Waals surface area (Å²) in [5.41, 5.74) is 1.67. The molecule has 1 aromatic carbocycles. The van der Waals surface area contributed by atoms with Gasteiger partial charge < -0.3 is 14.6 Å². The summed E-state index contributed by atoms with van der Waals surface area (Å²) in [4.78, 5) is 26.0. The van der Waals surface area contributed by atoms with Gasteiger partial charge in [-0.1, -0.05) is 25.5 Å². The predicted octanol–water partition coefficient (Wildman–Crippen LogP) is 2.77. The molecule has 4 rings (SSSR count). The van der Waals surface area contributed by atoms with E-state index in [1.807, 2.05) is 29.0 Å². The zero-order valence-electron chi connectivity index (χ0n) is 18.6. The monoisotopic (exact) mass is 434 g/mol. The number of amides is 1. The topological polar surface area (TPSA) is 94.0 Å². The summed E-state index contributed by atoms with van der Waals surface area (Å²) in [7, 11) is 1.69. The second kappa shape index (κ2) is 9.91. The first kappa shape index (κ1) is 22.0. The molecule has 2 atom stereocenters. The fourth-order valence-corrected chi connectivity index (χ4v) is 4.44. The normalized spacial score (nSPS) is 20.2. The molecule has 0 aliphatic carbocycles. The molecule has 3 heterocycles. The molecule has 1 aliphatic heterocycles. The number of hydrogen-bond acceptors (Lipinski definition) is 6. The van der Waals surface area contributed by atoms with Gasteiger partial charge in [0.15, 0.2) is 0 Å². The Morgan fingerprint density at radius 2 is 2.16 bits per heavy atom. The number of rotatable bonds is 9. The maximum Gasteiger partial charge on any atom is 0.224 e. The molecule has 8 nitrogen and oxygen atoms in total. The minimum atomic E-state index is -0.558. The molecule has 1 unspecified atom stereocenters. The molecule has 1 aliphatic rings. The van der Waals surface area contributed by atoms with Crippen molar-refractivity contribution in [2.45, 2.75) is 50.7 Å². The highest BCUT2D eigenvalue weighted by atomic mass is 16.5. The van der Waals surface area contributed by atoms with Crippen molar-refractivity contribution in [3.63, 3.8) is 0 Å². The van der Waals surface area contributed by atoms with Gasteiger partial charge in [0.1, 0.15) is 17.2 Å². The molecule has 1 amide bonds. The Balaban J connectivity index is 1.45. The van der Waals surface area contributed by atoms with Crippen LogP contribution in [-0.2, 0) is 23.4 Å². The summed E-state index contributed by atoms with van der Waals surface area (Å²) >= 11 is 0. The summed E-state index contributed by atoms with van der Waals surface area (Å²) < 4.78 is 7.44. The Morgan fingerprint density at radius 1 is 1.31 bits per heavy atom. The van der Waals surface area contributed by atoms with E-state index in [2.05, 4.69) is 38.6 Å². The van der Waals surface area contributed by atoms with Gasteiger partial charge in [-0.15, -0.1) is 0 Å². The molecule has 2 N–H and O–H groups in total. The van der Waals surface area contributed by atoms with Gasteiger partial charge in [0.05, 0.1) is 19.9 Å². The van der Waals surface area contributed by atoms with Gasteiger partial charge in [0, 0.05) is 43.8 Å². The lowest BCUT2D eigenvalue weighted by Crippen LogP contribution is -2.46. The first-order valence-electron chi connectivity index (χ1n) is 11.1. The minimum Gasteiger partial charge on any atom is -0.496 e. The number of nitrogens with one attached hydrogen (secondary N) is 2. The third kappa shape index (κ3) is 4.80. The van der Waals surface area contributed by atoms with Gasteiger partial charge in [0.25, 0.3) is 0 Å². The Labute approximate surface area is 188 Å². The molecule has 2 aromatic heterocycles. The molecular formula is C24H30N6O2. The van der Waals surface area contributed by atoms with E-state index in [9.17, 15) is 4.79 Å². The third-order valence-corrected chi connectivity index (χ3v) is 6.02. The van der Waals surface area contributed by atoms with E-state index >= 15 is 0 Å². The van der Waals surface area contributed by atoms with Crippen LogP contribution in [0.1, 0.15) is 49.1 Å². The molecule has 1 fully saturated rings. The second-order valence-electron chi connectivity index (χ2n) is 8.24. The largest absolute Gasteiger partial charge is 0.496 e. The number of ether oxygens (including phenoxy) is 1. The average Bonchev–Trinajstić information content (AvgIpc) is 3.50. The van der Waals surface area contributed by atoms with E-state index in [0.717, 1.165) is 30.0 Å². The van der Waals surface area contributed by atoms with E-state index in [0.29, 0.717) is 25.9 Å². The molecular weight excluding hydrogens is 404 g/mol. The maximum atomic E-state index is 13.0. The second-order valence-corrected chi connectivity index (χ2v) is 8.24. The van der Waals surface area contributed by atoms with Crippen molar-refractivity contribution in [2.75, 3.05) is 13.7 Å². The maximum absolute atomic E-state index is 13.0. The number of nitrogens with zero attached hydrogens (tertiary/aromatic N) is 4. The third-order valence-electron chi connectivity index (χ3n) is 6.02. The summed E-state index contributed by atoms with van der Waals surface area (Å²) in [6.45, 7) is 3.32. The van der Waals surface area contributed by atoms with Crippen molar-refractivity contribution in [1.29, 1.82) is 0 Å². The number of imidazole rings is 1. The average molecular weight is 435 g/mol. The summed E-state index contributed by atoms with van der Waals surface area (Å²) in [6.07, 6.45) is 11.9. The highest BCUT2D eigenvalue weighted by molar-refractivity contribution is 5.77. The van der Waals surface area contributed by atoms with Gasteiger partial charge in [-0.25, -0.2) is 15.0 Å². The van der Waals surface area contributed by atoms with Crippen LogP contribution in [-0.4, -0.2) is 39.1 Å². The molecule has 1 saturated heterocycles. The van der Waals surface area contributed by atoms with E-state index in [1.54, 1.807) is 32.0 Å². The van der Waals surface area contributed by atoms with Crippen molar-refractivity contribution >= 4 is 5.91 Å². The van der Waals surface area contributed by atoms with Crippen molar-refractivity contribution in [1.82, 2.24) is 30.2 Å². The van der Waals surface area contributed by atoms with Crippen LogP contribution >= 0.6 is 0 Å². The lowest BCUT2D eigenvalue weighted by atomic mass is 9.96. The highest BCUT2D eigenvalue weighted by Crippen LogP contribution is 2.36. The number of carbonyl (C=O) groups is 1. The Bertz CT molecular complexity index is 1020. The van der Waals surface area contributed by atoms with E-state index in [-0.39, 0.29) is 11.8 Å². The van der Waals surface area contributed by atoms with Crippen LogP contribution in [0.4, 0.5) is 0 Å². The van der Waals surface area contributed by atoms with Crippen LogP contribution in [0.5, 0.6) is 5.75 Å². The van der Waals surface area contributed by atoms with Gasteiger partial charge in [-0.05, 0) is 36.1 Å². The lowest BCUT2D eigenvalue weighted by Gasteiger charge is -2.31. The van der Waals surface area contributed by atoms with Crippen LogP contribution in [0.2, 0.25) is 0 Å². The Hall–Kier alpha value is -3.26. The molecule has 0 radical (unpaired) electrons. The number of methoxy groups -OCH3 is 1. The number of benzene rings is 1. The van der Waals surface area contributed by atoms with Crippen molar-refractivity contribution in [3.8, 4) is 5.75 Å². The van der Waals surface area contributed by atoms with Gasteiger partial charge in [-0.3, -0.25) is 10.1 Å². The van der Waals surface area contributed by atoms with Gasteiger partial charge >= 0.3 is 0 Å². The lowest BCUT2D eigenvalue weighted by molar-refractivity contribution is -0.123. The summed E-state index contributed by atoms with van der Waals surface area (Å²) in [6, 6.07) is 7.90. The van der Waals surface area contributed by atoms with Crippen LogP contribution in [0.15, 0.2) is 55.4 Å². The van der Waals surface area contributed by atoms with Gasteiger partial charge in [0.2, 0.25) is 5.91 Å². The minimum absolute atomic E-state index is 0.0197. The molecule has 168 valence electrons. The first-order valence-corrected chi connectivity index (χ1v) is 11.1. The quantitative estimate of drug-likeness (QED) is 0.538. The zero-order valence-corrected chi connectivity index (χ0v) is 18.6. The van der Waals surface area contributed by atoms with Crippen LogP contribution in [0.3, 0.4) is 0 Å². The number of hydrogen-bond donors (Lipinski definition) is 2. The molecule has 3 aromatic rings. The predicted molar refractivity (Wildman–Crippen MR) is 121 cm³/mol. The van der Waals surface area contributed by atoms with E-state index in [1.165, 1.54) is 5.56 Å². The Kier molecular flexibility index (Phi) is 6.80. The van der Waals surface area contributed by atoms with E-state index < -0.39 is 5.66 Å². The molecule has 0 spiro atoms. The molecule has 8 heteroatoms. The Morgan fingerprint density at radius 3 is 2.88 bits per heavy atom. The number of carbonyl (C=O) groups excluding carboxylic acids is 1. The molecule has 0 saturated carbocycles. The molecule has 0 bridgehead atoms. The zero-order chi connectivity index (χ0) is 22.4. The fraction of sp³-hybridized carbons (Fsp3) is 0.417. The van der Waals surface area contributed by atoms with Gasteiger partial charge in [-0.2, -0.15) is 0 Å². The van der Waals surface area contributed by atoms with Crippen LogP contribution in [0, 0.1) is 0 Å². The fourth-order valence-electron chi connectivity index (χ4n) is 4.44. The first-order chi connectivity index (χ1) is 15.6. The van der Waals surface area contributed by atoms with Crippen molar-refractivity contribution < 1.29 is 9.53 Å². The highest BCUT2D eigenvalue weighted by Gasteiger charge is 2.43. The smallest absolute Gasteiger partial charge is 0.224 e. The molecule has 32 heavy (non-hydrogen) atoms. The van der Waals surface area contributed by atoms with Crippen molar-refractivity contribution in [3.05, 3.63) is 72.3 Å². The van der Waals surface area contributed by atoms with Crippen molar-refractivity contribution in [2.24, 2.45) is 0 Å². The number of aryl methyl sites for hydroxylation is 1. The summed E-state index contributed by atoms with van der Waals surface area (Å²) in [5, 5.41) is 6.65. The number of aromatic nitrogens is 4.